The number of carbonyl (C=O) groups is 1. The summed E-state index contributed by atoms with van der Waals surface area (Å²) >= 11 is 0. The van der Waals surface area contributed by atoms with Crippen molar-refractivity contribution < 1.29 is 4.79 Å². The van der Waals surface area contributed by atoms with Gasteiger partial charge in [0.25, 0.3) is 0 Å². The van der Waals surface area contributed by atoms with Crippen molar-refractivity contribution in [2.45, 2.75) is 58.2 Å². The third-order valence-electron chi connectivity index (χ3n) is 5.02. The van der Waals surface area contributed by atoms with Crippen molar-refractivity contribution in [2.75, 3.05) is 0 Å². The van der Waals surface area contributed by atoms with Gasteiger partial charge in [0, 0.05) is 18.8 Å². The fourth-order valence-corrected chi connectivity index (χ4v) is 3.94. The van der Waals surface area contributed by atoms with Crippen LogP contribution in [0.4, 0.5) is 0 Å². The number of terminal acetylenes is 1. The molecule has 26 heavy (non-hydrogen) atoms. The Morgan fingerprint density at radius 2 is 2.19 bits per heavy atom. The van der Waals surface area contributed by atoms with Gasteiger partial charge in [-0.1, -0.05) is 37.3 Å². The highest BCUT2D eigenvalue weighted by atomic mass is 16.1. The zero-order chi connectivity index (χ0) is 19.1. The van der Waals surface area contributed by atoms with E-state index in [9.17, 15) is 4.79 Å². The highest BCUT2D eigenvalue weighted by molar-refractivity contribution is 6.38. The normalized spacial score (nSPS) is 16.6. The molecular formula is C23H30BNO. The van der Waals surface area contributed by atoms with Crippen LogP contribution < -0.4 is 5.32 Å². The van der Waals surface area contributed by atoms with E-state index in [0.29, 0.717) is 18.8 Å². The molecule has 0 fully saturated rings. The summed E-state index contributed by atoms with van der Waals surface area (Å²) in [7, 11) is 0.973. The molecule has 1 aromatic carbocycles. The second-order valence-corrected chi connectivity index (χ2v) is 7.73. The minimum absolute atomic E-state index is 0.0607. The second kappa shape index (κ2) is 9.48. The summed E-state index contributed by atoms with van der Waals surface area (Å²) in [4.78, 5) is 11.9. The van der Waals surface area contributed by atoms with Crippen LogP contribution in [0.5, 0.6) is 0 Å². The van der Waals surface area contributed by atoms with E-state index >= 15 is 0 Å². The molecule has 0 bridgehead atoms. The smallest absolute Gasteiger partial charge is 0.220 e. The predicted octanol–water partition coefficient (Wildman–Crippen LogP) is 4.04. The summed E-state index contributed by atoms with van der Waals surface area (Å²) in [5.41, 5.74) is 6.49. The zero-order valence-corrected chi connectivity index (χ0v) is 16.2. The first-order valence-corrected chi connectivity index (χ1v) is 9.56. The van der Waals surface area contributed by atoms with E-state index in [1.54, 1.807) is 0 Å². The maximum atomic E-state index is 11.9. The number of allylic oxidation sites excluding steroid dienone is 2. The summed E-state index contributed by atoms with van der Waals surface area (Å²) in [6.07, 6.45) is 10.1. The Balaban J connectivity index is 2.03. The molecule has 1 aromatic rings. The number of hydrogen-bond donors (Lipinski definition) is 1. The van der Waals surface area contributed by atoms with Gasteiger partial charge in [-0.2, -0.15) is 0 Å². The second-order valence-electron chi connectivity index (χ2n) is 7.73. The molecular weight excluding hydrogens is 317 g/mol. The van der Waals surface area contributed by atoms with Gasteiger partial charge in [0.15, 0.2) is 7.28 Å². The molecule has 2 rings (SSSR count). The molecule has 1 aliphatic rings. The largest absolute Gasteiger partial charge is 0.361 e. The molecule has 2 nitrogen and oxygen atoms in total. The van der Waals surface area contributed by atoms with Gasteiger partial charge in [-0.25, -0.2) is 0 Å². The van der Waals surface area contributed by atoms with Crippen molar-refractivity contribution >= 4 is 18.8 Å². The molecule has 1 N–H and O–H groups in total. The average molecular weight is 347 g/mol. The number of nitrogens with one attached hydrogen (secondary N) is 1. The Bertz CT molecular complexity index is 728. The van der Waals surface area contributed by atoms with Crippen molar-refractivity contribution in [1.29, 1.82) is 0 Å². The lowest BCUT2D eigenvalue weighted by atomic mass is 9.57. The van der Waals surface area contributed by atoms with Crippen LogP contribution >= 0.6 is 0 Å². The van der Waals surface area contributed by atoms with Crippen molar-refractivity contribution in [3.63, 3.8) is 0 Å². The number of hydrogen-bond acceptors (Lipinski definition) is 1. The third-order valence-corrected chi connectivity index (χ3v) is 5.02. The highest BCUT2D eigenvalue weighted by Gasteiger charge is 2.23. The van der Waals surface area contributed by atoms with E-state index in [4.69, 9.17) is 6.42 Å². The molecule has 2 atom stereocenters. The van der Waals surface area contributed by atoms with E-state index < -0.39 is 0 Å². The van der Waals surface area contributed by atoms with E-state index in [1.807, 2.05) is 0 Å². The van der Waals surface area contributed by atoms with Crippen LogP contribution in [0.3, 0.4) is 0 Å². The first kappa shape index (κ1) is 20.1. The Morgan fingerprint density at radius 1 is 1.42 bits per heavy atom. The quantitative estimate of drug-likeness (QED) is 0.429. The molecule has 0 aromatic heterocycles. The molecule has 3 heteroatoms. The van der Waals surface area contributed by atoms with Crippen LogP contribution in [-0.2, 0) is 17.5 Å². The number of carbonyl (C=O) groups excluding carboxylic acids is 1. The van der Waals surface area contributed by atoms with Gasteiger partial charge in [-0.05, 0) is 60.7 Å². The SMILES string of the molecule is C#CCCC(=O)N[C@@H]1BCc2c(cccc2C(=C)CC(C)CC(=C)C)C1. The first-order chi connectivity index (χ1) is 12.4. The van der Waals surface area contributed by atoms with Gasteiger partial charge >= 0.3 is 0 Å². The van der Waals surface area contributed by atoms with Crippen LogP contribution in [0.2, 0.25) is 0 Å². The van der Waals surface area contributed by atoms with Gasteiger partial charge in [0.1, 0.15) is 0 Å². The topological polar surface area (TPSA) is 29.1 Å². The Hall–Kier alpha value is -2.21. The molecule has 0 aliphatic carbocycles. The molecule has 1 heterocycles. The molecule has 1 unspecified atom stereocenters. The molecule has 0 saturated carbocycles. The number of amides is 1. The van der Waals surface area contributed by atoms with Gasteiger partial charge in [0.05, 0.1) is 0 Å². The van der Waals surface area contributed by atoms with Crippen LogP contribution in [0.25, 0.3) is 5.57 Å². The monoisotopic (exact) mass is 347 g/mol. The highest BCUT2D eigenvalue weighted by Crippen LogP contribution is 2.30. The molecule has 136 valence electrons. The number of rotatable bonds is 8. The Labute approximate surface area is 159 Å². The summed E-state index contributed by atoms with van der Waals surface area (Å²) in [6, 6.07) is 6.50. The lowest BCUT2D eigenvalue weighted by Crippen LogP contribution is -2.44. The zero-order valence-electron chi connectivity index (χ0n) is 16.2. The van der Waals surface area contributed by atoms with Crippen LogP contribution in [0.1, 0.15) is 56.2 Å². The van der Waals surface area contributed by atoms with Crippen molar-refractivity contribution in [3.8, 4) is 12.3 Å². The molecule has 1 aliphatic heterocycles. The summed E-state index contributed by atoms with van der Waals surface area (Å²) in [6.45, 7) is 12.7. The molecule has 0 radical (unpaired) electrons. The van der Waals surface area contributed by atoms with Crippen molar-refractivity contribution in [1.82, 2.24) is 5.32 Å². The van der Waals surface area contributed by atoms with Crippen LogP contribution in [0, 0.1) is 18.3 Å². The minimum atomic E-state index is 0.0607. The van der Waals surface area contributed by atoms with Crippen LogP contribution in [0.15, 0.2) is 36.9 Å². The number of benzene rings is 1. The van der Waals surface area contributed by atoms with Crippen molar-refractivity contribution in [2.24, 2.45) is 5.92 Å². The molecule has 1 amide bonds. The van der Waals surface area contributed by atoms with Gasteiger partial charge in [-0.15, -0.1) is 18.9 Å². The van der Waals surface area contributed by atoms with Gasteiger partial charge in [-0.3, -0.25) is 4.79 Å². The lowest BCUT2D eigenvalue weighted by molar-refractivity contribution is -0.121. The van der Waals surface area contributed by atoms with E-state index in [-0.39, 0.29) is 11.8 Å². The minimum Gasteiger partial charge on any atom is -0.361 e. The van der Waals surface area contributed by atoms with E-state index in [1.165, 1.54) is 27.8 Å². The Kier molecular flexibility index (Phi) is 7.33. The summed E-state index contributed by atoms with van der Waals surface area (Å²) in [5.74, 6) is 3.35. The fourth-order valence-electron chi connectivity index (χ4n) is 3.94. The Morgan fingerprint density at radius 3 is 2.88 bits per heavy atom. The van der Waals surface area contributed by atoms with Crippen LogP contribution in [-0.4, -0.2) is 19.1 Å². The van der Waals surface area contributed by atoms with Gasteiger partial charge < -0.3 is 5.32 Å². The van der Waals surface area contributed by atoms with Gasteiger partial charge in [0.2, 0.25) is 5.91 Å². The van der Waals surface area contributed by atoms with E-state index in [0.717, 1.165) is 32.9 Å². The standard InChI is InChI=1S/C23H30BNO/c1-6-7-11-23(26)25-22-14-19-9-8-10-20(21(19)15-24-22)18(5)13-17(4)12-16(2)3/h1,8-10,17,22,24H,2,5,7,11-15H2,3-4H3,(H,25,26)/t17?,22-/m0/s1. The maximum absolute atomic E-state index is 11.9. The number of fused-ring (bicyclic) bond motifs is 1. The van der Waals surface area contributed by atoms with E-state index in [2.05, 4.69) is 56.4 Å². The summed E-state index contributed by atoms with van der Waals surface area (Å²) < 4.78 is 0. The summed E-state index contributed by atoms with van der Waals surface area (Å²) in [5, 5.41) is 3.13. The first-order valence-electron chi connectivity index (χ1n) is 9.56. The predicted molar refractivity (Wildman–Crippen MR) is 113 cm³/mol. The average Bonchev–Trinajstić information content (AvgIpc) is 2.58. The fraction of sp³-hybridized carbons (Fsp3) is 0.435. The lowest BCUT2D eigenvalue weighted by Gasteiger charge is -2.27. The van der Waals surface area contributed by atoms with Crippen molar-refractivity contribution in [3.05, 3.63) is 53.6 Å². The molecule has 0 spiro atoms. The molecule has 0 saturated heterocycles. The third kappa shape index (κ3) is 5.66. The maximum Gasteiger partial charge on any atom is 0.220 e.